The van der Waals surface area contributed by atoms with Crippen molar-refractivity contribution in [3.8, 4) is 5.75 Å². The van der Waals surface area contributed by atoms with Crippen molar-refractivity contribution in [1.29, 1.82) is 0 Å². The molecular weight excluding hydrogens is 312 g/mol. The van der Waals surface area contributed by atoms with Crippen molar-refractivity contribution >= 4 is 11.7 Å². The van der Waals surface area contributed by atoms with Gasteiger partial charge in [-0.1, -0.05) is 0 Å². The van der Waals surface area contributed by atoms with E-state index in [1.165, 1.54) is 0 Å². The van der Waals surface area contributed by atoms with Gasteiger partial charge < -0.3 is 9.94 Å². The summed E-state index contributed by atoms with van der Waals surface area (Å²) < 4.78 is 77.4. The first-order chi connectivity index (χ1) is 9.43. The highest BCUT2D eigenvalue weighted by Crippen LogP contribution is 2.40. The van der Waals surface area contributed by atoms with Gasteiger partial charge in [-0.3, -0.25) is 4.79 Å². The van der Waals surface area contributed by atoms with E-state index in [0.717, 1.165) is 24.3 Å². The van der Waals surface area contributed by atoms with Crippen LogP contribution in [0.2, 0.25) is 0 Å². The van der Waals surface area contributed by atoms with Crippen LogP contribution in [0.3, 0.4) is 0 Å². The minimum absolute atomic E-state index is 0.280. The highest BCUT2D eigenvalue weighted by atomic mass is 19.4. The van der Waals surface area contributed by atoms with Crippen LogP contribution in [0.25, 0.3) is 0 Å². The van der Waals surface area contributed by atoms with Crippen molar-refractivity contribution in [3.05, 3.63) is 29.5 Å². The number of hydrogen-bond acceptors (Lipinski definition) is 4. The molecule has 0 bridgehead atoms. The largest absolute Gasteiger partial charge is 0.595 e. The summed E-state index contributed by atoms with van der Waals surface area (Å²) in [5, 5.41) is 17.7. The quantitative estimate of drug-likeness (QED) is 0.385. The molecule has 2 N–H and O–H groups in total. The predicted octanol–water partition coefficient (Wildman–Crippen LogP) is 1.74. The van der Waals surface area contributed by atoms with Crippen LogP contribution in [0.1, 0.15) is 0 Å². The second-order valence-electron chi connectivity index (χ2n) is 3.77. The highest BCUT2D eigenvalue weighted by molar-refractivity contribution is 5.76. The topological polar surface area (TPSA) is 74.0 Å². The molecule has 0 aliphatic heterocycles. The van der Waals surface area contributed by atoms with E-state index in [1.54, 1.807) is 0 Å². The van der Waals surface area contributed by atoms with Gasteiger partial charge in [-0.2, -0.15) is 31.6 Å². The third-order valence-corrected chi connectivity index (χ3v) is 2.21. The molecule has 0 radical (unpaired) electrons. The van der Waals surface area contributed by atoms with E-state index in [2.05, 4.69) is 4.74 Å². The predicted molar refractivity (Wildman–Crippen MR) is 53.5 cm³/mol. The summed E-state index contributed by atoms with van der Waals surface area (Å²) in [6, 6.07) is 3.26. The highest BCUT2D eigenvalue weighted by Gasteiger charge is 2.62. The molecular formula is C10H7F6NO4. The molecule has 0 aliphatic rings. The number of carbonyl (C=O) groups excluding carboxylic acids is 1. The third kappa shape index (κ3) is 4.58. The summed E-state index contributed by atoms with van der Waals surface area (Å²) in [7, 11) is 0. The lowest BCUT2D eigenvalue weighted by atomic mass is 10.1. The van der Waals surface area contributed by atoms with Gasteiger partial charge in [0.15, 0.2) is 5.69 Å². The maximum Gasteiger partial charge on any atom is 0.411 e. The molecule has 0 fully saturated rings. The molecule has 11 heteroatoms. The first kappa shape index (κ1) is 17.2. The minimum atomic E-state index is -5.85. The molecule has 21 heavy (non-hydrogen) atoms. The van der Waals surface area contributed by atoms with Gasteiger partial charge in [0.2, 0.25) is 5.92 Å². The molecule has 0 aromatic heterocycles. The van der Waals surface area contributed by atoms with Crippen LogP contribution in [0.15, 0.2) is 24.3 Å². The van der Waals surface area contributed by atoms with Gasteiger partial charge in [0.1, 0.15) is 5.75 Å². The maximum atomic E-state index is 12.2. The van der Waals surface area contributed by atoms with Gasteiger partial charge in [-0.15, -0.1) is 0 Å². The maximum absolute atomic E-state index is 12.2. The zero-order valence-electron chi connectivity index (χ0n) is 9.83. The van der Waals surface area contributed by atoms with Crippen molar-refractivity contribution < 1.29 is 46.3 Å². The van der Waals surface area contributed by atoms with Crippen LogP contribution in [0.5, 0.6) is 5.75 Å². The summed E-state index contributed by atoms with van der Waals surface area (Å²) in [5.74, 6) is -7.45. The monoisotopic (exact) mass is 319 g/mol. The Morgan fingerprint density at radius 1 is 1.10 bits per heavy atom. The Hall–Kier alpha value is -1.85. The fraction of sp³-hybridized carbons (Fsp3) is 0.300. The first-order valence-corrected chi connectivity index (χ1v) is 5.11. The van der Waals surface area contributed by atoms with E-state index in [1.807, 2.05) is 0 Å². The Kier molecular flexibility index (Phi) is 4.81. The van der Waals surface area contributed by atoms with Crippen molar-refractivity contribution in [2.75, 3.05) is 0 Å². The number of ether oxygens (including phenoxy) is 1. The Morgan fingerprint density at radius 2 is 1.52 bits per heavy atom. The lowest BCUT2D eigenvalue weighted by Crippen LogP contribution is -2.99. The van der Waals surface area contributed by atoms with Gasteiger partial charge in [0, 0.05) is 12.1 Å². The molecule has 1 rings (SSSR count). The fourth-order valence-electron chi connectivity index (χ4n) is 1.29. The summed E-state index contributed by atoms with van der Waals surface area (Å²) in [6.07, 6.45) is -11.7. The van der Waals surface area contributed by atoms with Gasteiger partial charge in [-0.25, -0.2) is 5.21 Å². The Morgan fingerprint density at radius 3 is 1.86 bits per heavy atom. The standard InChI is InChI=1S/C10H7F6NO4/c11-9(12,13)7(10(14,15)16)8(18)21-6-3-1-5(2-4-6)17(19)20/h1-4,7,17,19H. The lowest BCUT2D eigenvalue weighted by molar-refractivity contribution is -0.991. The minimum Gasteiger partial charge on any atom is -0.595 e. The molecule has 5 nitrogen and oxygen atoms in total. The van der Waals surface area contributed by atoms with E-state index in [0.29, 0.717) is 0 Å². The number of halogens is 6. The van der Waals surface area contributed by atoms with Gasteiger partial charge in [0.05, 0.1) is 0 Å². The number of hydrogen-bond donors (Lipinski definition) is 2. The molecule has 1 aromatic rings. The Balaban J connectivity index is 2.92. The molecule has 0 heterocycles. The number of carbonyl (C=O) groups is 1. The number of nitrogens with one attached hydrogen (secondary N) is 1. The molecule has 0 aliphatic carbocycles. The zero-order valence-corrected chi connectivity index (χ0v) is 9.83. The molecule has 0 spiro atoms. The van der Waals surface area contributed by atoms with E-state index in [-0.39, 0.29) is 5.69 Å². The third-order valence-electron chi connectivity index (χ3n) is 2.21. The average Bonchev–Trinajstić information content (AvgIpc) is 2.25. The number of esters is 1. The summed E-state index contributed by atoms with van der Waals surface area (Å²) >= 11 is 0. The summed E-state index contributed by atoms with van der Waals surface area (Å²) in [5.41, 5.74) is -0.280. The SMILES string of the molecule is O=C(Oc1ccc([NH+]([O-])O)cc1)C(C(F)(F)F)C(F)(F)F. The van der Waals surface area contributed by atoms with Gasteiger partial charge in [0.25, 0.3) is 0 Å². The van der Waals surface area contributed by atoms with Gasteiger partial charge in [-0.05, 0) is 12.1 Å². The fourth-order valence-corrected chi connectivity index (χ4v) is 1.29. The second kappa shape index (κ2) is 5.87. The number of rotatable bonds is 3. The number of quaternary nitrogens is 1. The second-order valence-corrected chi connectivity index (χ2v) is 3.77. The summed E-state index contributed by atoms with van der Waals surface area (Å²) in [4.78, 5) is 11.0. The van der Waals surface area contributed by atoms with Crippen molar-refractivity contribution in [1.82, 2.24) is 0 Å². The number of alkyl halides is 6. The van der Waals surface area contributed by atoms with Crippen molar-refractivity contribution in [2.24, 2.45) is 5.92 Å². The number of benzene rings is 1. The Bertz CT molecular complexity index is 482. The lowest BCUT2D eigenvalue weighted by Gasteiger charge is -2.21. The van der Waals surface area contributed by atoms with E-state index >= 15 is 0 Å². The molecule has 0 amide bonds. The van der Waals surface area contributed by atoms with Crippen LogP contribution in [-0.4, -0.2) is 23.5 Å². The van der Waals surface area contributed by atoms with E-state index < -0.39 is 35.2 Å². The van der Waals surface area contributed by atoms with Crippen LogP contribution in [0, 0.1) is 11.1 Å². The summed E-state index contributed by atoms with van der Waals surface area (Å²) in [6.45, 7) is 0. The molecule has 118 valence electrons. The van der Waals surface area contributed by atoms with Crippen LogP contribution in [-0.2, 0) is 4.79 Å². The van der Waals surface area contributed by atoms with Crippen LogP contribution >= 0.6 is 0 Å². The van der Waals surface area contributed by atoms with E-state index in [9.17, 15) is 36.3 Å². The zero-order chi connectivity index (χ0) is 16.4. The van der Waals surface area contributed by atoms with Crippen molar-refractivity contribution in [2.45, 2.75) is 12.4 Å². The van der Waals surface area contributed by atoms with Crippen LogP contribution < -0.4 is 9.96 Å². The molecule has 1 atom stereocenters. The van der Waals surface area contributed by atoms with E-state index in [4.69, 9.17) is 5.21 Å². The van der Waals surface area contributed by atoms with Crippen molar-refractivity contribution in [3.63, 3.8) is 0 Å². The molecule has 1 aromatic carbocycles. The molecule has 0 saturated carbocycles. The average molecular weight is 319 g/mol. The molecule has 0 saturated heterocycles. The molecule has 1 unspecified atom stereocenters. The smallest absolute Gasteiger partial charge is 0.411 e. The first-order valence-electron chi connectivity index (χ1n) is 5.11. The Labute approximate surface area is 112 Å². The van der Waals surface area contributed by atoms with Crippen LogP contribution in [0.4, 0.5) is 32.0 Å². The van der Waals surface area contributed by atoms with Gasteiger partial charge >= 0.3 is 18.3 Å². The normalized spacial score (nSPS) is 14.1.